The maximum absolute atomic E-state index is 6.25. The van der Waals surface area contributed by atoms with Crippen LogP contribution in [-0.2, 0) is 11.8 Å². The van der Waals surface area contributed by atoms with Crippen molar-refractivity contribution in [3.63, 3.8) is 0 Å². The van der Waals surface area contributed by atoms with Gasteiger partial charge in [-0.15, -0.1) is 0 Å². The van der Waals surface area contributed by atoms with Gasteiger partial charge < -0.3 is 10.1 Å². The molecule has 104 valence electrons. The highest BCUT2D eigenvalue weighted by molar-refractivity contribution is 6.31. The molecule has 5 heteroatoms. The molecule has 0 aliphatic heterocycles. The van der Waals surface area contributed by atoms with Crippen LogP contribution >= 0.6 is 11.6 Å². The van der Waals surface area contributed by atoms with Gasteiger partial charge in [0.25, 0.3) is 0 Å². The lowest BCUT2D eigenvalue weighted by Crippen LogP contribution is -2.38. The van der Waals surface area contributed by atoms with Gasteiger partial charge in [0.2, 0.25) is 0 Å². The minimum Gasteiger partial charge on any atom is -0.376 e. The second kappa shape index (κ2) is 7.12. The number of aromatic nitrogens is 2. The van der Waals surface area contributed by atoms with Gasteiger partial charge in [-0.2, -0.15) is 5.10 Å². The van der Waals surface area contributed by atoms with Gasteiger partial charge in [-0.3, -0.25) is 4.68 Å². The van der Waals surface area contributed by atoms with Crippen LogP contribution in [0.5, 0.6) is 0 Å². The summed E-state index contributed by atoms with van der Waals surface area (Å²) in [5.41, 5.74) is 0.991. The van der Waals surface area contributed by atoms with Crippen molar-refractivity contribution in [2.24, 2.45) is 13.0 Å². The second-order valence-corrected chi connectivity index (χ2v) is 5.11. The van der Waals surface area contributed by atoms with E-state index in [9.17, 15) is 0 Å². The summed E-state index contributed by atoms with van der Waals surface area (Å²) >= 11 is 6.25. The Morgan fingerprint density at radius 2 is 2.11 bits per heavy atom. The molecule has 4 nitrogen and oxygen atoms in total. The molecule has 18 heavy (non-hydrogen) atoms. The first-order valence-corrected chi connectivity index (χ1v) is 6.93. The molecular weight excluding hydrogens is 250 g/mol. The van der Waals surface area contributed by atoms with Gasteiger partial charge in [0, 0.05) is 13.7 Å². The molecule has 0 radical (unpaired) electrons. The molecule has 1 N–H and O–H groups in total. The average molecular weight is 274 g/mol. The highest BCUT2D eigenvalue weighted by Gasteiger charge is 2.29. The van der Waals surface area contributed by atoms with Gasteiger partial charge >= 0.3 is 0 Å². The minimum atomic E-state index is 0.0648. The Morgan fingerprint density at radius 3 is 2.50 bits per heavy atom. The van der Waals surface area contributed by atoms with E-state index in [1.54, 1.807) is 6.20 Å². The van der Waals surface area contributed by atoms with E-state index in [4.69, 9.17) is 16.3 Å². The van der Waals surface area contributed by atoms with Crippen LogP contribution in [0, 0.1) is 5.92 Å². The van der Waals surface area contributed by atoms with E-state index < -0.39 is 0 Å². The lowest BCUT2D eigenvalue weighted by atomic mass is 9.96. The first kappa shape index (κ1) is 15.5. The number of ether oxygens (including phenoxy) is 1. The van der Waals surface area contributed by atoms with Crippen LogP contribution in [0.4, 0.5) is 0 Å². The zero-order valence-corrected chi connectivity index (χ0v) is 12.7. The summed E-state index contributed by atoms with van der Waals surface area (Å²) in [7, 11) is 1.91. The van der Waals surface area contributed by atoms with Crippen molar-refractivity contribution in [3.05, 3.63) is 16.9 Å². The topological polar surface area (TPSA) is 39.1 Å². The lowest BCUT2D eigenvalue weighted by molar-refractivity contribution is 0.00134. The zero-order valence-electron chi connectivity index (χ0n) is 11.9. The number of rotatable bonds is 7. The molecule has 0 saturated carbocycles. The Balaban J connectivity index is 3.07. The van der Waals surface area contributed by atoms with E-state index >= 15 is 0 Å². The molecule has 1 heterocycles. The molecule has 1 aromatic rings. The first-order valence-electron chi connectivity index (χ1n) is 6.55. The third-order valence-corrected chi connectivity index (χ3v) is 3.29. The van der Waals surface area contributed by atoms with Crippen molar-refractivity contribution in [2.45, 2.75) is 39.8 Å². The molecular formula is C13H24ClN3O. The van der Waals surface area contributed by atoms with Crippen LogP contribution in [-0.4, -0.2) is 29.0 Å². The predicted molar refractivity (Wildman–Crippen MR) is 74.9 cm³/mol. The summed E-state index contributed by atoms with van der Waals surface area (Å²) in [6.07, 6.45) is 1.77. The number of nitrogens with zero attached hydrogens (tertiary/aromatic N) is 2. The van der Waals surface area contributed by atoms with Crippen molar-refractivity contribution < 1.29 is 4.74 Å². The minimum absolute atomic E-state index is 0.0648. The Hall–Kier alpha value is -0.580. The van der Waals surface area contributed by atoms with Gasteiger partial charge in [-0.1, -0.05) is 32.4 Å². The highest BCUT2D eigenvalue weighted by Crippen LogP contribution is 2.29. The first-order chi connectivity index (χ1) is 8.52. The number of nitrogens with one attached hydrogen (secondary N) is 1. The fourth-order valence-corrected chi connectivity index (χ4v) is 2.51. The maximum Gasteiger partial charge on any atom is 0.0835 e. The van der Waals surface area contributed by atoms with Gasteiger partial charge in [0.1, 0.15) is 0 Å². The lowest BCUT2D eigenvalue weighted by Gasteiger charge is -2.31. The van der Waals surface area contributed by atoms with Crippen LogP contribution in [0.25, 0.3) is 0 Å². The van der Waals surface area contributed by atoms with Crippen LogP contribution in [0.3, 0.4) is 0 Å². The maximum atomic E-state index is 6.25. The smallest absolute Gasteiger partial charge is 0.0835 e. The van der Waals surface area contributed by atoms with Gasteiger partial charge in [-0.25, -0.2) is 0 Å². The number of hydrogen-bond acceptors (Lipinski definition) is 3. The monoisotopic (exact) mass is 273 g/mol. The summed E-state index contributed by atoms with van der Waals surface area (Å²) < 4.78 is 7.71. The molecule has 2 unspecified atom stereocenters. The van der Waals surface area contributed by atoms with E-state index in [1.807, 2.05) is 18.7 Å². The Morgan fingerprint density at radius 1 is 1.44 bits per heavy atom. The van der Waals surface area contributed by atoms with Crippen molar-refractivity contribution in [2.75, 3.05) is 13.2 Å². The number of hydrogen-bond donors (Lipinski definition) is 1. The Labute approximate surface area is 115 Å². The standard InChI is InChI=1S/C13H24ClN3O/c1-6-15-11(13(9(3)4)18-7-2)12-10(14)8-16-17(12)5/h8-9,11,13,15H,6-7H2,1-5H3. The van der Waals surface area contributed by atoms with Crippen LogP contribution in [0.2, 0.25) is 5.02 Å². The number of aryl methyl sites for hydroxylation is 1. The van der Waals surface area contributed by atoms with E-state index in [0.717, 1.165) is 12.2 Å². The van der Waals surface area contributed by atoms with E-state index in [1.165, 1.54) is 0 Å². The van der Waals surface area contributed by atoms with Gasteiger partial charge in [0.15, 0.2) is 0 Å². The molecule has 0 fully saturated rings. The highest BCUT2D eigenvalue weighted by atomic mass is 35.5. The quantitative estimate of drug-likeness (QED) is 0.830. The molecule has 0 bridgehead atoms. The van der Waals surface area contributed by atoms with Crippen LogP contribution in [0.15, 0.2) is 6.20 Å². The number of likely N-dealkylation sites (N-methyl/N-ethyl adjacent to an activating group) is 1. The van der Waals surface area contributed by atoms with Crippen molar-refractivity contribution in [3.8, 4) is 0 Å². The van der Waals surface area contributed by atoms with Gasteiger partial charge in [0.05, 0.1) is 29.1 Å². The summed E-state index contributed by atoms with van der Waals surface area (Å²) in [6.45, 7) is 9.98. The fraction of sp³-hybridized carbons (Fsp3) is 0.769. The van der Waals surface area contributed by atoms with Gasteiger partial charge in [-0.05, 0) is 19.4 Å². The zero-order chi connectivity index (χ0) is 13.7. The third-order valence-electron chi connectivity index (χ3n) is 3.00. The Bertz CT molecular complexity index is 346. The van der Waals surface area contributed by atoms with E-state index in [0.29, 0.717) is 17.5 Å². The summed E-state index contributed by atoms with van der Waals surface area (Å²) in [5, 5.41) is 8.36. The van der Waals surface area contributed by atoms with Crippen molar-refractivity contribution in [1.82, 2.24) is 15.1 Å². The summed E-state index contributed by atoms with van der Waals surface area (Å²) in [5.74, 6) is 0.403. The summed E-state index contributed by atoms with van der Waals surface area (Å²) in [4.78, 5) is 0. The molecule has 1 rings (SSSR count). The third kappa shape index (κ3) is 3.46. The van der Waals surface area contributed by atoms with Crippen molar-refractivity contribution >= 4 is 11.6 Å². The van der Waals surface area contributed by atoms with Crippen LogP contribution in [0.1, 0.15) is 39.4 Å². The largest absolute Gasteiger partial charge is 0.376 e. The molecule has 0 aliphatic rings. The number of halogens is 1. The van der Waals surface area contributed by atoms with E-state index in [2.05, 4.69) is 31.2 Å². The molecule has 1 aromatic heterocycles. The SMILES string of the molecule is CCNC(c1c(Cl)cnn1C)C(OCC)C(C)C. The molecule has 0 aromatic carbocycles. The van der Waals surface area contributed by atoms with Crippen LogP contribution < -0.4 is 5.32 Å². The predicted octanol–water partition coefficient (Wildman–Crippen LogP) is 2.79. The molecule has 0 aliphatic carbocycles. The molecule has 0 saturated heterocycles. The molecule has 0 spiro atoms. The summed E-state index contributed by atoms with van der Waals surface area (Å²) in [6, 6.07) is 0.0648. The Kier molecular flexibility index (Phi) is 6.12. The average Bonchev–Trinajstić information content (AvgIpc) is 2.63. The molecule has 2 atom stereocenters. The molecule has 0 amide bonds. The van der Waals surface area contributed by atoms with E-state index in [-0.39, 0.29) is 12.1 Å². The fourth-order valence-electron chi connectivity index (χ4n) is 2.22. The second-order valence-electron chi connectivity index (χ2n) is 4.70. The van der Waals surface area contributed by atoms with Crippen molar-refractivity contribution in [1.29, 1.82) is 0 Å². The normalized spacial score (nSPS) is 15.1.